The van der Waals surface area contributed by atoms with Gasteiger partial charge in [0, 0.05) is 18.1 Å². The van der Waals surface area contributed by atoms with Gasteiger partial charge in [-0.05, 0) is 20.8 Å². The maximum Gasteiger partial charge on any atom is 0.0638 e. The van der Waals surface area contributed by atoms with Gasteiger partial charge >= 0.3 is 0 Å². The van der Waals surface area contributed by atoms with Crippen molar-refractivity contribution in [2.45, 2.75) is 38.8 Å². The number of hydrogen-bond acceptors (Lipinski definition) is 2. The van der Waals surface area contributed by atoms with Gasteiger partial charge in [-0.3, -0.25) is 4.90 Å². The van der Waals surface area contributed by atoms with Crippen molar-refractivity contribution in [3.05, 3.63) is 0 Å². The molecule has 0 aromatic rings. The molecule has 1 aliphatic rings. The fourth-order valence-corrected chi connectivity index (χ4v) is 1.28. The van der Waals surface area contributed by atoms with E-state index in [2.05, 4.69) is 31.7 Å². The maximum absolute atomic E-state index is 8.38. The molecule has 0 aromatic carbocycles. The Morgan fingerprint density at radius 1 is 1.60 bits per heavy atom. The van der Waals surface area contributed by atoms with Gasteiger partial charge in [-0.1, -0.05) is 0 Å². The van der Waals surface area contributed by atoms with Gasteiger partial charge in [0.05, 0.1) is 12.5 Å². The highest BCUT2D eigenvalue weighted by Crippen LogP contribution is 2.30. The molecule has 0 spiro atoms. The lowest BCUT2D eigenvalue weighted by Gasteiger charge is -2.20. The molecule has 2 nitrogen and oxygen atoms in total. The Labute approximate surface area is 62.4 Å². The summed E-state index contributed by atoms with van der Waals surface area (Å²) in [6, 6.07) is 2.74. The molecule has 1 unspecified atom stereocenters. The molecule has 10 heavy (non-hydrogen) atoms. The predicted octanol–water partition coefficient (Wildman–Crippen LogP) is 1.38. The second-order valence-electron chi connectivity index (χ2n) is 3.84. The fraction of sp³-hybridized carbons (Fsp3) is 0.875. The Kier molecular flexibility index (Phi) is 1.70. The van der Waals surface area contributed by atoms with E-state index in [0.717, 1.165) is 6.54 Å². The lowest BCUT2D eigenvalue weighted by atomic mass is 10.1. The highest BCUT2D eigenvalue weighted by molar-refractivity contribution is 5.01. The molecule has 56 valence electrons. The van der Waals surface area contributed by atoms with Crippen LogP contribution in [-0.4, -0.2) is 23.0 Å². The van der Waals surface area contributed by atoms with Crippen LogP contribution in [-0.2, 0) is 0 Å². The molecule has 0 N–H and O–H groups in total. The van der Waals surface area contributed by atoms with E-state index < -0.39 is 0 Å². The van der Waals surface area contributed by atoms with Crippen molar-refractivity contribution >= 4 is 0 Å². The van der Waals surface area contributed by atoms with Gasteiger partial charge in [0.2, 0.25) is 0 Å². The summed E-state index contributed by atoms with van der Waals surface area (Å²) in [4.78, 5) is 2.34. The van der Waals surface area contributed by atoms with E-state index in [9.17, 15) is 0 Å². The fourth-order valence-electron chi connectivity index (χ4n) is 1.28. The van der Waals surface area contributed by atoms with E-state index >= 15 is 0 Å². The second kappa shape index (κ2) is 2.25. The van der Waals surface area contributed by atoms with Gasteiger partial charge in [-0.2, -0.15) is 5.26 Å². The predicted molar refractivity (Wildman–Crippen MR) is 40.5 cm³/mol. The van der Waals surface area contributed by atoms with Gasteiger partial charge in [-0.15, -0.1) is 0 Å². The molecular formula is C8H14N2. The summed E-state index contributed by atoms with van der Waals surface area (Å²) in [6.45, 7) is 7.66. The van der Waals surface area contributed by atoms with Crippen molar-refractivity contribution in [1.82, 2.24) is 4.90 Å². The lowest BCUT2D eigenvalue weighted by molar-refractivity contribution is 0.287. The van der Waals surface area contributed by atoms with Crippen LogP contribution < -0.4 is 0 Å². The molecule has 1 fully saturated rings. The molecule has 0 amide bonds. The molecule has 1 rings (SSSR count). The summed E-state index contributed by atoms with van der Waals surface area (Å²) in [7, 11) is 0. The molecule has 0 aliphatic carbocycles. The topological polar surface area (TPSA) is 26.8 Å². The van der Waals surface area contributed by atoms with Crippen LogP contribution in [0, 0.1) is 11.3 Å². The first-order chi connectivity index (χ1) is 4.55. The maximum atomic E-state index is 8.38. The molecule has 0 aromatic heterocycles. The summed E-state index contributed by atoms with van der Waals surface area (Å²) in [5.74, 6) is 0. The van der Waals surface area contributed by atoms with Gasteiger partial charge < -0.3 is 0 Å². The molecule has 1 saturated heterocycles. The van der Waals surface area contributed by atoms with E-state index in [1.54, 1.807) is 0 Å². The first kappa shape index (κ1) is 7.56. The zero-order valence-corrected chi connectivity index (χ0v) is 6.89. The molecule has 1 heterocycles. The van der Waals surface area contributed by atoms with E-state index in [4.69, 9.17) is 5.26 Å². The second-order valence-corrected chi connectivity index (χ2v) is 3.84. The normalized spacial score (nSPS) is 31.4. The standard InChI is InChI=1S/C8H14N2/c1-8(2,3)10-6-7(10)4-5-9/h7H,4,6H2,1-3H3/t7-,10?/m1/s1. The van der Waals surface area contributed by atoms with Crippen molar-refractivity contribution in [3.8, 4) is 6.07 Å². The number of nitrogens with zero attached hydrogens (tertiary/aromatic N) is 2. The van der Waals surface area contributed by atoms with Crippen LogP contribution in [0.3, 0.4) is 0 Å². The molecule has 0 bridgehead atoms. The SMILES string of the molecule is CC(C)(C)N1C[C@H]1CC#N. The van der Waals surface area contributed by atoms with Gasteiger partial charge in [0.1, 0.15) is 0 Å². The first-order valence-corrected chi connectivity index (χ1v) is 3.69. The quantitative estimate of drug-likeness (QED) is 0.512. The van der Waals surface area contributed by atoms with Crippen LogP contribution in [0.1, 0.15) is 27.2 Å². The van der Waals surface area contributed by atoms with Crippen LogP contribution in [0.5, 0.6) is 0 Å². The van der Waals surface area contributed by atoms with Crippen molar-refractivity contribution in [2.75, 3.05) is 6.54 Å². The molecule has 0 saturated carbocycles. The number of rotatable bonds is 1. The van der Waals surface area contributed by atoms with Crippen molar-refractivity contribution in [2.24, 2.45) is 0 Å². The highest BCUT2D eigenvalue weighted by atomic mass is 15.3. The Morgan fingerprint density at radius 2 is 2.20 bits per heavy atom. The Hall–Kier alpha value is -0.550. The Morgan fingerprint density at radius 3 is 2.50 bits per heavy atom. The van der Waals surface area contributed by atoms with Crippen molar-refractivity contribution in [1.29, 1.82) is 5.26 Å². The van der Waals surface area contributed by atoms with Gasteiger partial charge in [-0.25, -0.2) is 0 Å². The average Bonchev–Trinajstić information content (AvgIpc) is 2.44. The van der Waals surface area contributed by atoms with Crippen molar-refractivity contribution in [3.63, 3.8) is 0 Å². The van der Waals surface area contributed by atoms with Crippen LogP contribution in [0.4, 0.5) is 0 Å². The third-order valence-electron chi connectivity index (χ3n) is 1.90. The molecular weight excluding hydrogens is 124 g/mol. The van der Waals surface area contributed by atoms with Gasteiger partial charge in [0.15, 0.2) is 0 Å². The largest absolute Gasteiger partial charge is 0.292 e. The summed E-state index contributed by atoms with van der Waals surface area (Å²) in [6.07, 6.45) is 0.692. The number of hydrogen-bond donors (Lipinski definition) is 0. The summed E-state index contributed by atoms with van der Waals surface area (Å²) < 4.78 is 0. The van der Waals surface area contributed by atoms with Crippen LogP contribution in [0.2, 0.25) is 0 Å². The third kappa shape index (κ3) is 1.48. The average molecular weight is 138 g/mol. The van der Waals surface area contributed by atoms with Crippen LogP contribution in [0.25, 0.3) is 0 Å². The zero-order chi connectivity index (χ0) is 7.78. The minimum absolute atomic E-state index is 0.265. The van der Waals surface area contributed by atoms with Crippen LogP contribution >= 0.6 is 0 Å². The summed E-state index contributed by atoms with van der Waals surface area (Å²) in [5, 5.41) is 8.38. The highest BCUT2D eigenvalue weighted by Gasteiger charge is 2.41. The smallest absolute Gasteiger partial charge is 0.0638 e. The van der Waals surface area contributed by atoms with Crippen LogP contribution in [0.15, 0.2) is 0 Å². The van der Waals surface area contributed by atoms with E-state index in [-0.39, 0.29) is 5.54 Å². The minimum Gasteiger partial charge on any atom is -0.292 e. The summed E-state index contributed by atoms with van der Waals surface area (Å²) >= 11 is 0. The van der Waals surface area contributed by atoms with E-state index in [0.29, 0.717) is 12.5 Å². The molecule has 2 heteroatoms. The molecule has 0 radical (unpaired) electrons. The van der Waals surface area contributed by atoms with E-state index in [1.165, 1.54) is 0 Å². The monoisotopic (exact) mass is 138 g/mol. The zero-order valence-electron chi connectivity index (χ0n) is 6.89. The molecule has 2 atom stereocenters. The third-order valence-corrected chi connectivity index (χ3v) is 1.90. The molecule has 1 aliphatic heterocycles. The Bertz CT molecular complexity index is 161. The first-order valence-electron chi connectivity index (χ1n) is 3.69. The minimum atomic E-state index is 0.265. The van der Waals surface area contributed by atoms with E-state index in [1.807, 2.05) is 0 Å². The number of nitriles is 1. The summed E-state index contributed by atoms with van der Waals surface area (Å²) in [5.41, 5.74) is 0.265. The van der Waals surface area contributed by atoms with Crippen molar-refractivity contribution < 1.29 is 0 Å². The Balaban J connectivity index is 2.33. The lowest BCUT2D eigenvalue weighted by Crippen LogP contribution is -2.27. The van der Waals surface area contributed by atoms with Gasteiger partial charge in [0.25, 0.3) is 0 Å².